The number of nitro groups is 1. The van der Waals surface area contributed by atoms with Gasteiger partial charge in [-0.25, -0.2) is 0 Å². The average Bonchev–Trinajstić information content (AvgIpc) is 2.60. The molecule has 2 aromatic carbocycles. The fraction of sp³-hybridized carbons (Fsp3) is 0.222. The Morgan fingerprint density at radius 2 is 1.58 bits per heavy atom. The van der Waals surface area contributed by atoms with Gasteiger partial charge in [-0.05, 0) is 29.8 Å². The molecule has 2 amide bonds. The number of hydrogen-bond acceptors (Lipinski definition) is 5. The van der Waals surface area contributed by atoms with Crippen LogP contribution in [0.25, 0.3) is 0 Å². The second-order valence-electron chi connectivity index (χ2n) is 5.64. The third-order valence-corrected chi connectivity index (χ3v) is 3.49. The minimum Gasteiger partial charge on any atom is -0.383 e. The molecule has 2 rings (SSSR count). The molecule has 0 radical (unpaired) electrons. The number of nitrogens with zero attached hydrogens (tertiary/aromatic N) is 1. The van der Waals surface area contributed by atoms with Crippen LogP contribution in [0.2, 0.25) is 0 Å². The molecule has 0 saturated carbocycles. The van der Waals surface area contributed by atoms with Gasteiger partial charge in [0, 0.05) is 43.5 Å². The van der Waals surface area contributed by atoms with Crippen molar-refractivity contribution in [2.45, 2.75) is 13.3 Å². The van der Waals surface area contributed by atoms with E-state index in [0.29, 0.717) is 18.8 Å². The van der Waals surface area contributed by atoms with E-state index in [1.165, 1.54) is 19.1 Å². The number of benzene rings is 2. The first-order valence-electron chi connectivity index (χ1n) is 8.05. The van der Waals surface area contributed by atoms with Crippen molar-refractivity contribution in [3.05, 3.63) is 64.2 Å². The summed E-state index contributed by atoms with van der Waals surface area (Å²) < 4.78 is 0. The molecular weight excluding hydrogens is 336 g/mol. The predicted octanol–water partition coefficient (Wildman–Crippen LogP) is 2.32. The molecular formula is C18H20N4O4. The second kappa shape index (κ2) is 9.16. The maximum atomic E-state index is 11.9. The average molecular weight is 356 g/mol. The lowest BCUT2D eigenvalue weighted by Gasteiger charge is -2.08. The Hall–Kier alpha value is -3.42. The Bertz CT molecular complexity index is 773. The normalized spacial score (nSPS) is 10.0. The van der Waals surface area contributed by atoms with Crippen molar-refractivity contribution < 1.29 is 14.5 Å². The molecule has 3 N–H and O–H groups in total. The molecule has 8 heteroatoms. The van der Waals surface area contributed by atoms with Crippen LogP contribution in [-0.4, -0.2) is 29.8 Å². The third-order valence-electron chi connectivity index (χ3n) is 3.49. The lowest BCUT2D eigenvalue weighted by molar-refractivity contribution is -0.384. The van der Waals surface area contributed by atoms with Crippen molar-refractivity contribution in [3.8, 4) is 0 Å². The highest BCUT2D eigenvalue weighted by molar-refractivity contribution is 5.88. The molecule has 0 fully saturated rings. The lowest BCUT2D eigenvalue weighted by Crippen LogP contribution is -2.30. The molecule has 2 aromatic rings. The zero-order chi connectivity index (χ0) is 18.9. The predicted molar refractivity (Wildman–Crippen MR) is 99.0 cm³/mol. The summed E-state index contributed by atoms with van der Waals surface area (Å²) in [6.07, 6.45) is 0.248. The van der Waals surface area contributed by atoms with E-state index in [2.05, 4.69) is 16.0 Å². The highest BCUT2D eigenvalue weighted by atomic mass is 16.6. The lowest BCUT2D eigenvalue weighted by atomic mass is 10.1. The summed E-state index contributed by atoms with van der Waals surface area (Å²) in [5.74, 6) is -0.251. The first-order valence-corrected chi connectivity index (χ1v) is 8.05. The Kier molecular flexibility index (Phi) is 6.67. The number of carbonyl (C=O) groups excluding carboxylic acids is 2. The van der Waals surface area contributed by atoms with Gasteiger partial charge in [0.05, 0.1) is 11.3 Å². The third kappa shape index (κ3) is 6.23. The maximum absolute atomic E-state index is 11.9. The van der Waals surface area contributed by atoms with Gasteiger partial charge in [0.15, 0.2) is 0 Å². The van der Waals surface area contributed by atoms with E-state index >= 15 is 0 Å². The Morgan fingerprint density at radius 3 is 2.15 bits per heavy atom. The van der Waals surface area contributed by atoms with Crippen LogP contribution in [0, 0.1) is 10.1 Å². The first kappa shape index (κ1) is 18.9. The number of non-ortho nitro benzene ring substituents is 1. The quantitative estimate of drug-likeness (QED) is 0.382. The maximum Gasteiger partial charge on any atom is 0.269 e. The van der Waals surface area contributed by atoms with Crippen LogP contribution in [0.1, 0.15) is 12.5 Å². The van der Waals surface area contributed by atoms with Crippen molar-refractivity contribution in [1.29, 1.82) is 0 Å². The monoisotopic (exact) mass is 356 g/mol. The summed E-state index contributed by atoms with van der Waals surface area (Å²) in [6, 6.07) is 13.2. The summed E-state index contributed by atoms with van der Waals surface area (Å²) >= 11 is 0. The second-order valence-corrected chi connectivity index (χ2v) is 5.64. The molecule has 0 aromatic heterocycles. The largest absolute Gasteiger partial charge is 0.383 e. The van der Waals surface area contributed by atoms with Gasteiger partial charge in [-0.3, -0.25) is 19.7 Å². The van der Waals surface area contributed by atoms with E-state index in [4.69, 9.17) is 0 Å². The van der Waals surface area contributed by atoms with Crippen LogP contribution >= 0.6 is 0 Å². The molecule has 0 saturated heterocycles. The molecule has 0 heterocycles. The molecule has 0 aliphatic rings. The standard InChI is InChI=1S/C18H20N4O4/c1-13(23)21-16-4-2-14(3-5-16)12-18(24)20-11-10-19-15-6-8-17(9-7-15)22(25)26/h2-9,19H,10-12H2,1H3,(H,20,24)(H,21,23). The van der Waals surface area contributed by atoms with E-state index in [9.17, 15) is 19.7 Å². The van der Waals surface area contributed by atoms with Gasteiger partial charge in [0.25, 0.3) is 5.69 Å². The Labute approximate surface area is 150 Å². The summed E-state index contributed by atoms with van der Waals surface area (Å²) in [5.41, 5.74) is 2.32. The zero-order valence-electron chi connectivity index (χ0n) is 14.3. The number of nitro benzene ring substituents is 1. The van der Waals surface area contributed by atoms with Crippen LogP contribution in [-0.2, 0) is 16.0 Å². The number of hydrogen-bond donors (Lipinski definition) is 3. The summed E-state index contributed by atoms with van der Waals surface area (Å²) in [6.45, 7) is 2.37. The van der Waals surface area contributed by atoms with Gasteiger partial charge in [-0.1, -0.05) is 12.1 Å². The zero-order valence-corrected chi connectivity index (χ0v) is 14.3. The molecule has 0 aliphatic carbocycles. The number of carbonyl (C=O) groups is 2. The van der Waals surface area contributed by atoms with Gasteiger partial charge in [-0.2, -0.15) is 0 Å². The van der Waals surface area contributed by atoms with Crippen LogP contribution in [0.3, 0.4) is 0 Å². The van der Waals surface area contributed by atoms with Crippen molar-refractivity contribution in [3.63, 3.8) is 0 Å². The van der Waals surface area contributed by atoms with Crippen LogP contribution in [0.5, 0.6) is 0 Å². The van der Waals surface area contributed by atoms with Gasteiger partial charge >= 0.3 is 0 Å². The molecule has 0 unspecified atom stereocenters. The number of anilines is 2. The highest BCUT2D eigenvalue weighted by Crippen LogP contribution is 2.15. The molecule has 136 valence electrons. The molecule has 0 atom stereocenters. The van der Waals surface area contributed by atoms with Crippen molar-refractivity contribution in [2.75, 3.05) is 23.7 Å². The number of nitrogens with one attached hydrogen (secondary N) is 3. The molecule has 0 aliphatic heterocycles. The Morgan fingerprint density at radius 1 is 0.962 bits per heavy atom. The molecule has 0 bridgehead atoms. The van der Waals surface area contributed by atoms with E-state index in [0.717, 1.165) is 11.3 Å². The van der Waals surface area contributed by atoms with Gasteiger partial charge < -0.3 is 16.0 Å². The highest BCUT2D eigenvalue weighted by Gasteiger charge is 2.05. The Balaban J connectivity index is 1.70. The van der Waals surface area contributed by atoms with Crippen LogP contribution in [0.4, 0.5) is 17.1 Å². The van der Waals surface area contributed by atoms with E-state index in [1.54, 1.807) is 36.4 Å². The van der Waals surface area contributed by atoms with Gasteiger partial charge in [0.2, 0.25) is 11.8 Å². The minimum atomic E-state index is -0.452. The molecule has 0 spiro atoms. The van der Waals surface area contributed by atoms with Gasteiger partial charge in [0.1, 0.15) is 0 Å². The fourth-order valence-electron chi connectivity index (χ4n) is 2.27. The van der Waals surface area contributed by atoms with Gasteiger partial charge in [-0.15, -0.1) is 0 Å². The smallest absolute Gasteiger partial charge is 0.269 e. The molecule has 26 heavy (non-hydrogen) atoms. The van der Waals surface area contributed by atoms with Crippen molar-refractivity contribution in [1.82, 2.24) is 5.32 Å². The summed E-state index contributed by atoms with van der Waals surface area (Å²) in [7, 11) is 0. The van der Waals surface area contributed by atoms with Crippen molar-refractivity contribution in [2.24, 2.45) is 0 Å². The molecule has 8 nitrogen and oxygen atoms in total. The van der Waals surface area contributed by atoms with Crippen molar-refractivity contribution >= 4 is 28.9 Å². The summed E-state index contributed by atoms with van der Waals surface area (Å²) in [4.78, 5) is 33.0. The fourth-order valence-corrected chi connectivity index (χ4v) is 2.27. The van der Waals surface area contributed by atoms with E-state index in [-0.39, 0.29) is 23.9 Å². The van der Waals surface area contributed by atoms with Crippen LogP contribution in [0.15, 0.2) is 48.5 Å². The number of rotatable bonds is 8. The van der Waals surface area contributed by atoms with E-state index in [1.807, 2.05) is 0 Å². The SMILES string of the molecule is CC(=O)Nc1ccc(CC(=O)NCCNc2ccc([N+](=O)[O-])cc2)cc1. The number of amides is 2. The topological polar surface area (TPSA) is 113 Å². The first-order chi connectivity index (χ1) is 12.4. The summed E-state index contributed by atoms with van der Waals surface area (Å²) in [5, 5.41) is 19.1. The van der Waals surface area contributed by atoms with Crippen LogP contribution < -0.4 is 16.0 Å². The minimum absolute atomic E-state index is 0.0355. The van der Waals surface area contributed by atoms with E-state index < -0.39 is 4.92 Å².